The maximum atomic E-state index is 10.7. The molecular formula is C8H14O4. The number of carbonyl (C=O) groups is 1. The fraction of sp³-hybridized carbons (Fsp3) is 0.875. The van der Waals surface area contributed by atoms with E-state index in [1.165, 1.54) is 7.11 Å². The number of rotatable bonds is 2. The van der Waals surface area contributed by atoms with Crippen LogP contribution in [0, 0.1) is 5.92 Å². The van der Waals surface area contributed by atoms with Gasteiger partial charge >= 0.3 is 5.97 Å². The molecule has 1 rings (SSSR count). The van der Waals surface area contributed by atoms with E-state index in [4.69, 9.17) is 9.84 Å². The van der Waals surface area contributed by atoms with E-state index >= 15 is 0 Å². The highest BCUT2D eigenvalue weighted by atomic mass is 16.5. The molecule has 0 saturated heterocycles. The lowest BCUT2D eigenvalue weighted by molar-refractivity contribution is -0.154. The van der Waals surface area contributed by atoms with Gasteiger partial charge in [0.1, 0.15) is 0 Å². The Balaban J connectivity index is 2.64. The van der Waals surface area contributed by atoms with E-state index in [0.717, 1.165) is 6.42 Å². The van der Waals surface area contributed by atoms with Crippen molar-refractivity contribution in [1.82, 2.24) is 0 Å². The normalized spacial score (nSPS) is 36.3. The summed E-state index contributed by atoms with van der Waals surface area (Å²) in [5.41, 5.74) is 0. The van der Waals surface area contributed by atoms with Crippen molar-refractivity contribution in [1.29, 1.82) is 0 Å². The van der Waals surface area contributed by atoms with Gasteiger partial charge in [-0.05, 0) is 19.3 Å². The molecule has 0 heterocycles. The van der Waals surface area contributed by atoms with E-state index in [1.807, 2.05) is 0 Å². The molecule has 1 aliphatic carbocycles. The Bertz CT molecular complexity index is 168. The molecule has 1 saturated carbocycles. The minimum Gasteiger partial charge on any atom is -0.481 e. The van der Waals surface area contributed by atoms with Gasteiger partial charge < -0.3 is 14.9 Å². The molecule has 0 radical (unpaired) electrons. The third kappa shape index (κ3) is 1.76. The van der Waals surface area contributed by atoms with Crippen molar-refractivity contribution in [2.24, 2.45) is 5.92 Å². The van der Waals surface area contributed by atoms with Gasteiger partial charge in [0.2, 0.25) is 0 Å². The summed E-state index contributed by atoms with van der Waals surface area (Å²) in [5.74, 6) is -1.42. The average molecular weight is 174 g/mol. The van der Waals surface area contributed by atoms with Crippen LogP contribution in [0.3, 0.4) is 0 Å². The second-order valence-electron chi connectivity index (χ2n) is 3.14. The molecule has 0 bridgehead atoms. The minimum absolute atomic E-state index is 0.531. The average Bonchev–Trinajstić information content (AvgIpc) is 2.03. The lowest BCUT2D eigenvalue weighted by Gasteiger charge is -2.31. The Labute approximate surface area is 71.2 Å². The third-order valence-electron chi connectivity index (χ3n) is 2.38. The van der Waals surface area contributed by atoms with Crippen molar-refractivity contribution in [3.63, 3.8) is 0 Å². The van der Waals surface area contributed by atoms with Crippen LogP contribution in [-0.2, 0) is 9.53 Å². The van der Waals surface area contributed by atoms with Crippen LogP contribution in [0.15, 0.2) is 0 Å². The monoisotopic (exact) mass is 174 g/mol. The molecule has 0 aromatic rings. The molecule has 12 heavy (non-hydrogen) atoms. The Hall–Kier alpha value is -0.610. The summed E-state index contributed by atoms with van der Waals surface area (Å²) in [6.07, 6.45) is 0.853. The van der Waals surface area contributed by atoms with Gasteiger partial charge in [-0.1, -0.05) is 0 Å². The second kappa shape index (κ2) is 3.87. The van der Waals surface area contributed by atoms with Crippen molar-refractivity contribution in [3.8, 4) is 0 Å². The first-order valence-corrected chi connectivity index (χ1v) is 4.10. The number of hydrogen-bond donors (Lipinski definition) is 2. The largest absolute Gasteiger partial charge is 0.481 e. The highest BCUT2D eigenvalue weighted by molar-refractivity contribution is 5.71. The van der Waals surface area contributed by atoms with Crippen molar-refractivity contribution in [2.45, 2.75) is 31.5 Å². The highest BCUT2D eigenvalue weighted by Crippen LogP contribution is 2.26. The lowest BCUT2D eigenvalue weighted by Crippen LogP contribution is -2.42. The summed E-state index contributed by atoms with van der Waals surface area (Å²) in [6, 6.07) is 0. The van der Waals surface area contributed by atoms with Crippen LogP contribution < -0.4 is 0 Å². The number of aliphatic hydroxyl groups excluding tert-OH is 1. The standard InChI is InChI=1S/C8H14O4/c1-12-7-5(8(10)11)3-2-4-6(7)9/h5-7,9H,2-4H2,1H3,(H,10,11). The number of aliphatic hydroxyl groups is 1. The predicted octanol–water partition coefficient (Wildman–Crippen LogP) is 0.247. The minimum atomic E-state index is -0.874. The van der Waals surface area contributed by atoms with Crippen molar-refractivity contribution in [2.75, 3.05) is 7.11 Å². The van der Waals surface area contributed by atoms with Gasteiger partial charge in [0.05, 0.1) is 18.1 Å². The van der Waals surface area contributed by atoms with Crippen LogP contribution in [0.1, 0.15) is 19.3 Å². The van der Waals surface area contributed by atoms with Crippen LogP contribution in [0.2, 0.25) is 0 Å². The number of hydrogen-bond acceptors (Lipinski definition) is 3. The summed E-state index contributed by atoms with van der Waals surface area (Å²) in [5, 5.41) is 18.2. The number of ether oxygens (including phenoxy) is 1. The molecule has 3 atom stereocenters. The summed E-state index contributed by atoms with van der Waals surface area (Å²) < 4.78 is 4.95. The zero-order valence-electron chi connectivity index (χ0n) is 7.06. The predicted molar refractivity (Wildman–Crippen MR) is 41.8 cm³/mol. The Morgan fingerprint density at radius 2 is 2.17 bits per heavy atom. The zero-order valence-corrected chi connectivity index (χ0v) is 7.06. The Morgan fingerprint density at radius 3 is 2.58 bits per heavy atom. The van der Waals surface area contributed by atoms with E-state index < -0.39 is 24.1 Å². The van der Waals surface area contributed by atoms with Gasteiger partial charge in [0.25, 0.3) is 0 Å². The van der Waals surface area contributed by atoms with Gasteiger partial charge in [-0.25, -0.2) is 0 Å². The molecule has 4 heteroatoms. The Kier molecular flexibility index (Phi) is 3.05. The van der Waals surface area contributed by atoms with Gasteiger partial charge in [0.15, 0.2) is 0 Å². The fourth-order valence-electron chi connectivity index (χ4n) is 1.73. The third-order valence-corrected chi connectivity index (χ3v) is 2.38. The number of aliphatic carboxylic acids is 1. The number of carboxylic acid groups (broad SMARTS) is 1. The summed E-state index contributed by atoms with van der Waals surface area (Å²) in [4.78, 5) is 10.7. The first-order valence-electron chi connectivity index (χ1n) is 4.10. The van der Waals surface area contributed by atoms with Crippen LogP contribution in [0.5, 0.6) is 0 Å². The van der Waals surface area contributed by atoms with Crippen molar-refractivity contribution < 1.29 is 19.7 Å². The molecule has 0 aliphatic heterocycles. The summed E-state index contributed by atoms with van der Waals surface area (Å²) in [7, 11) is 1.44. The maximum absolute atomic E-state index is 10.7. The summed E-state index contributed by atoms with van der Waals surface area (Å²) in [6.45, 7) is 0. The Morgan fingerprint density at radius 1 is 1.50 bits per heavy atom. The molecule has 4 nitrogen and oxygen atoms in total. The topological polar surface area (TPSA) is 66.8 Å². The molecule has 1 fully saturated rings. The van der Waals surface area contributed by atoms with Gasteiger partial charge in [-0.2, -0.15) is 0 Å². The molecule has 0 spiro atoms. The zero-order chi connectivity index (χ0) is 9.14. The van der Waals surface area contributed by atoms with Crippen LogP contribution in [0.4, 0.5) is 0 Å². The fourth-order valence-corrected chi connectivity index (χ4v) is 1.73. The van der Waals surface area contributed by atoms with E-state index in [-0.39, 0.29) is 0 Å². The first kappa shape index (κ1) is 9.48. The summed E-state index contributed by atoms with van der Waals surface area (Å²) >= 11 is 0. The van der Waals surface area contributed by atoms with E-state index in [0.29, 0.717) is 12.8 Å². The maximum Gasteiger partial charge on any atom is 0.309 e. The molecule has 0 aromatic heterocycles. The molecule has 0 amide bonds. The van der Waals surface area contributed by atoms with Crippen LogP contribution in [-0.4, -0.2) is 35.5 Å². The van der Waals surface area contributed by atoms with Crippen LogP contribution >= 0.6 is 0 Å². The molecule has 70 valence electrons. The van der Waals surface area contributed by atoms with Gasteiger partial charge in [-0.15, -0.1) is 0 Å². The van der Waals surface area contributed by atoms with Gasteiger partial charge in [0, 0.05) is 7.11 Å². The number of methoxy groups -OCH3 is 1. The number of carboxylic acids is 1. The molecule has 2 N–H and O–H groups in total. The smallest absolute Gasteiger partial charge is 0.309 e. The molecule has 1 aliphatic rings. The van der Waals surface area contributed by atoms with Crippen molar-refractivity contribution in [3.05, 3.63) is 0 Å². The lowest BCUT2D eigenvalue weighted by atomic mass is 9.84. The molecular weight excluding hydrogens is 160 g/mol. The van der Waals surface area contributed by atoms with E-state index in [1.54, 1.807) is 0 Å². The van der Waals surface area contributed by atoms with Gasteiger partial charge in [-0.3, -0.25) is 4.79 Å². The SMILES string of the molecule is COC1C(O)CCCC1C(=O)O. The second-order valence-corrected chi connectivity index (χ2v) is 3.14. The van der Waals surface area contributed by atoms with Crippen LogP contribution in [0.25, 0.3) is 0 Å². The first-order chi connectivity index (χ1) is 5.66. The molecule has 0 aromatic carbocycles. The van der Waals surface area contributed by atoms with E-state index in [2.05, 4.69) is 0 Å². The highest BCUT2D eigenvalue weighted by Gasteiger charge is 2.36. The quantitative estimate of drug-likeness (QED) is 0.629. The molecule has 3 unspecified atom stereocenters. The van der Waals surface area contributed by atoms with Crippen molar-refractivity contribution >= 4 is 5.97 Å². The van der Waals surface area contributed by atoms with E-state index in [9.17, 15) is 9.90 Å².